The Balaban J connectivity index is 0.000000244. The van der Waals surface area contributed by atoms with E-state index in [9.17, 15) is 8.42 Å². The number of nitrogens with zero attached hydrogens (tertiary/aromatic N) is 3. The van der Waals surface area contributed by atoms with E-state index >= 15 is 0 Å². The van der Waals surface area contributed by atoms with Crippen molar-refractivity contribution in [3.05, 3.63) is 103 Å². The first-order chi connectivity index (χ1) is 20.7. The molecule has 2 aliphatic heterocycles. The zero-order chi connectivity index (χ0) is 31.7. The van der Waals surface area contributed by atoms with Gasteiger partial charge in [-0.05, 0) is 66.7 Å². The number of halogens is 1. The van der Waals surface area contributed by atoms with Gasteiger partial charge in [0.2, 0.25) is 5.88 Å². The van der Waals surface area contributed by atoms with E-state index in [0.29, 0.717) is 17.3 Å². The Kier molecular flexibility index (Phi) is 16.6. The van der Waals surface area contributed by atoms with Gasteiger partial charge in [0.05, 0.1) is 29.7 Å². The van der Waals surface area contributed by atoms with Gasteiger partial charge in [0, 0.05) is 48.4 Å². The molecule has 1 N–H and O–H groups in total. The van der Waals surface area contributed by atoms with Crippen molar-refractivity contribution in [1.29, 1.82) is 0 Å². The highest BCUT2D eigenvalue weighted by Gasteiger charge is 2.28. The maximum atomic E-state index is 11.4. The van der Waals surface area contributed by atoms with Gasteiger partial charge in [-0.2, -0.15) is 11.8 Å². The molecule has 0 radical (unpaired) electrons. The lowest BCUT2D eigenvalue weighted by atomic mass is 10.3. The Labute approximate surface area is 270 Å². The molecule has 2 saturated heterocycles. The molecular formula is C32H45BrN4O4S2. The molecule has 11 heteroatoms. The van der Waals surface area contributed by atoms with Crippen molar-refractivity contribution in [2.75, 3.05) is 46.5 Å². The maximum Gasteiger partial charge on any atom is 0.214 e. The molecule has 0 aliphatic carbocycles. The summed E-state index contributed by atoms with van der Waals surface area (Å²) in [5.41, 5.74) is 5.38. The number of thioether (sulfide) groups is 1. The molecule has 2 fully saturated rings. The fraction of sp³-hybridized carbons (Fsp3) is 0.375. The number of furan rings is 1. The molecule has 0 bridgehead atoms. The maximum absolute atomic E-state index is 11.4. The van der Waals surface area contributed by atoms with Gasteiger partial charge < -0.3 is 14.6 Å². The van der Waals surface area contributed by atoms with E-state index in [4.69, 9.17) is 4.42 Å². The van der Waals surface area contributed by atoms with Gasteiger partial charge in [-0.3, -0.25) is 0 Å². The number of hydrazine groups is 2. The van der Waals surface area contributed by atoms with E-state index < -0.39 is 9.84 Å². The van der Waals surface area contributed by atoms with Crippen LogP contribution in [0.4, 0.5) is 17.3 Å². The quantitative estimate of drug-likeness (QED) is 0.248. The van der Waals surface area contributed by atoms with E-state index in [1.165, 1.54) is 6.26 Å². The van der Waals surface area contributed by atoms with Gasteiger partial charge in [0.1, 0.15) is 0 Å². The second-order valence-electron chi connectivity index (χ2n) is 9.46. The number of anilines is 3. The monoisotopic (exact) mass is 692 g/mol. The number of benzene rings is 2. The zero-order valence-electron chi connectivity index (χ0n) is 25.6. The van der Waals surface area contributed by atoms with Gasteiger partial charge in [-0.15, -0.1) is 0 Å². The predicted molar refractivity (Wildman–Crippen MR) is 186 cm³/mol. The van der Waals surface area contributed by atoms with E-state index in [-0.39, 0.29) is 17.5 Å². The summed E-state index contributed by atoms with van der Waals surface area (Å²) in [6, 6.07) is 24.7. The van der Waals surface area contributed by atoms with Crippen molar-refractivity contribution in [3.63, 3.8) is 0 Å². The number of ether oxygens (including phenoxy) is 1. The molecule has 2 aliphatic rings. The average molecular weight is 694 g/mol. The third kappa shape index (κ3) is 12.8. The fourth-order valence-corrected chi connectivity index (χ4v) is 7.00. The van der Waals surface area contributed by atoms with Crippen molar-refractivity contribution >= 4 is 54.8 Å². The Morgan fingerprint density at radius 1 is 1.05 bits per heavy atom. The summed E-state index contributed by atoms with van der Waals surface area (Å²) < 4.78 is 33.4. The minimum absolute atomic E-state index is 0.0129. The number of nitrogens with one attached hydrogen (secondary N) is 1. The van der Waals surface area contributed by atoms with Crippen LogP contribution in [0.2, 0.25) is 0 Å². The highest BCUT2D eigenvalue weighted by atomic mass is 79.9. The van der Waals surface area contributed by atoms with Crippen LogP contribution in [0.1, 0.15) is 27.7 Å². The van der Waals surface area contributed by atoms with E-state index in [1.54, 1.807) is 6.26 Å². The lowest BCUT2D eigenvalue weighted by Crippen LogP contribution is -2.49. The molecular weight excluding hydrogens is 648 g/mol. The van der Waals surface area contributed by atoms with Crippen LogP contribution < -0.4 is 10.4 Å². The number of hydrogen-bond acceptors (Lipinski definition) is 9. The molecule has 8 nitrogen and oxygen atoms in total. The molecule has 0 amide bonds. The van der Waals surface area contributed by atoms with E-state index in [0.717, 1.165) is 35.3 Å². The standard InChI is InChI=1S/C15H18N2OS.C11H16N2O2S.C4H5BrO.C2H6/c1-13-12-19-11-9-16(13)17(15-8-5-10-18-15)14-6-3-2-4-7-14;1-10-9-16(14,15)8-7-13(10)12-11-5-3-2-4-6-11;1-3-6-4(2)5;1-2/h2-8,10,13H,9,11-12H2,1H3;2-6,10,12H,7-9H2,1H3;3H,1-2H2;1-2H3. The van der Waals surface area contributed by atoms with Crippen molar-refractivity contribution < 1.29 is 17.6 Å². The average Bonchev–Trinajstić information content (AvgIpc) is 3.53. The first kappa shape index (κ1) is 36.5. The summed E-state index contributed by atoms with van der Waals surface area (Å²) >= 11 is 4.96. The summed E-state index contributed by atoms with van der Waals surface area (Å²) in [7, 11) is -2.84. The molecule has 5 rings (SSSR count). The van der Waals surface area contributed by atoms with Gasteiger partial charge in [-0.1, -0.05) is 56.8 Å². The third-order valence-corrected chi connectivity index (χ3v) is 9.40. The smallest absolute Gasteiger partial charge is 0.214 e. The molecule has 2 unspecified atom stereocenters. The minimum atomic E-state index is -2.84. The van der Waals surface area contributed by atoms with Crippen LogP contribution in [-0.4, -0.2) is 66.6 Å². The first-order valence-electron chi connectivity index (χ1n) is 14.3. The Hall–Kier alpha value is -2.70. The molecule has 43 heavy (non-hydrogen) atoms. The second-order valence-corrected chi connectivity index (χ2v) is 13.7. The largest absolute Gasteiger partial charge is 0.459 e. The molecule has 2 aromatic carbocycles. The Morgan fingerprint density at radius 3 is 2.21 bits per heavy atom. The normalized spacial score (nSPS) is 19.5. The highest BCUT2D eigenvalue weighted by Crippen LogP contribution is 2.31. The predicted octanol–water partition coefficient (Wildman–Crippen LogP) is 7.94. The molecule has 3 aromatic rings. The van der Waals surface area contributed by atoms with Gasteiger partial charge in [0.15, 0.2) is 14.5 Å². The van der Waals surface area contributed by atoms with Crippen LogP contribution >= 0.6 is 27.7 Å². The Morgan fingerprint density at radius 2 is 1.70 bits per heavy atom. The summed E-state index contributed by atoms with van der Waals surface area (Å²) in [5, 5.41) is 6.57. The van der Waals surface area contributed by atoms with Crippen LogP contribution in [0.5, 0.6) is 0 Å². The van der Waals surface area contributed by atoms with Crippen LogP contribution in [0.25, 0.3) is 0 Å². The number of rotatable bonds is 7. The fourth-order valence-electron chi connectivity index (χ4n) is 4.31. The van der Waals surface area contributed by atoms with Crippen LogP contribution in [0.15, 0.2) is 108 Å². The third-order valence-electron chi connectivity index (χ3n) is 6.23. The summed E-state index contributed by atoms with van der Waals surface area (Å²) in [6.45, 7) is 16.4. The lowest BCUT2D eigenvalue weighted by Gasteiger charge is -2.41. The lowest BCUT2D eigenvalue weighted by molar-refractivity contribution is 0.224. The molecule has 3 heterocycles. The zero-order valence-corrected chi connectivity index (χ0v) is 28.8. The minimum Gasteiger partial charge on any atom is -0.459 e. The molecule has 2 atom stereocenters. The second kappa shape index (κ2) is 19.6. The van der Waals surface area contributed by atoms with Crippen molar-refractivity contribution in [2.45, 2.75) is 39.8 Å². The van der Waals surface area contributed by atoms with Crippen LogP contribution in [0, 0.1) is 0 Å². The van der Waals surface area contributed by atoms with Crippen molar-refractivity contribution in [1.82, 2.24) is 10.0 Å². The van der Waals surface area contributed by atoms with Crippen molar-refractivity contribution in [2.24, 2.45) is 0 Å². The van der Waals surface area contributed by atoms with E-state index in [1.807, 2.05) is 86.1 Å². The summed E-state index contributed by atoms with van der Waals surface area (Å²) in [5.74, 6) is 3.66. The number of hydrogen-bond donors (Lipinski definition) is 1. The first-order valence-corrected chi connectivity index (χ1v) is 18.1. The summed E-state index contributed by atoms with van der Waals surface area (Å²) in [4.78, 5) is 0. The van der Waals surface area contributed by atoms with Gasteiger partial charge in [-0.25, -0.2) is 23.4 Å². The highest BCUT2D eigenvalue weighted by molar-refractivity contribution is 9.11. The molecule has 0 spiro atoms. The Bertz CT molecular complexity index is 1300. The topological polar surface area (TPSA) is 78.3 Å². The van der Waals surface area contributed by atoms with Crippen molar-refractivity contribution in [3.8, 4) is 0 Å². The van der Waals surface area contributed by atoms with Gasteiger partial charge in [0.25, 0.3) is 0 Å². The molecule has 1 aromatic heterocycles. The molecule has 0 saturated carbocycles. The molecule has 236 valence electrons. The number of sulfone groups is 1. The summed E-state index contributed by atoms with van der Waals surface area (Å²) in [6.07, 6.45) is 3.03. The van der Waals surface area contributed by atoms with Crippen LogP contribution in [-0.2, 0) is 14.6 Å². The number of para-hydroxylation sites is 2. The van der Waals surface area contributed by atoms with Crippen LogP contribution in [0.3, 0.4) is 0 Å². The van der Waals surface area contributed by atoms with Gasteiger partial charge >= 0.3 is 0 Å². The van der Waals surface area contributed by atoms with E-state index in [2.05, 4.69) is 80.5 Å². The SMILES string of the molecule is C=COC(=C)Br.CC.CC1CS(=O)(=O)CCN1Nc1ccccc1.CC1CSCCN1N(c1ccccc1)c1ccco1.